The standard InChI is InChI=1S/C11H18N2/c1-12-10-7-8-13(9-10)11-5-3-2-4-6-11/h2-3,5,10,12H,4,6-9H2,1H3/t10-/m1/s1. The van der Waals surface area contributed by atoms with Gasteiger partial charge in [-0.1, -0.05) is 12.2 Å². The highest BCUT2D eigenvalue weighted by atomic mass is 15.2. The highest BCUT2D eigenvalue weighted by Crippen LogP contribution is 2.21. The molecule has 0 amide bonds. The molecule has 13 heavy (non-hydrogen) atoms. The van der Waals surface area contributed by atoms with Gasteiger partial charge < -0.3 is 10.2 Å². The molecule has 0 bridgehead atoms. The minimum Gasteiger partial charge on any atom is -0.373 e. The molecule has 0 radical (unpaired) electrons. The van der Waals surface area contributed by atoms with Gasteiger partial charge in [0.05, 0.1) is 0 Å². The van der Waals surface area contributed by atoms with Crippen LogP contribution in [-0.2, 0) is 0 Å². The molecule has 1 heterocycles. The predicted octanol–water partition coefficient (Wildman–Crippen LogP) is 1.51. The molecule has 0 aromatic carbocycles. The number of hydrogen-bond donors (Lipinski definition) is 1. The number of hydrogen-bond acceptors (Lipinski definition) is 2. The van der Waals surface area contributed by atoms with Gasteiger partial charge in [-0.3, -0.25) is 0 Å². The van der Waals surface area contributed by atoms with Gasteiger partial charge in [-0.2, -0.15) is 0 Å². The summed E-state index contributed by atoms with van der Waals surface area (Å²) in [4.78, 5) is 2.52. The van der Waals surface area contributed by atoms with Crippen LogP contribution in [0.2, 0.25) is 0 Å². The van der Waals surface area contributed by atoms with Gasteiger partial charge in [0.15, 0.2) is 0 Å². The Kier molecular flexibility index (Phi) is 2.69. The van der Waals surface area contributed by atoms with Crippen LogP contribution in [0.3, 0.4) is 0 Å². The van der Waals surface area contributed by atoms with Gasteiger partial charge in [0.1, 0.15) is 0 Å². The summed E-state index contributed by atoms with van der Waals surface area (Å²) in [5, 5.41) is 3.35. The van der Waals surface area contributed by atoms with Gasteiger partial charge >= 0.3 is 0 Å². The Morgan fingerprint density at radius 3 is 3.08 bits per heavy atom. The molecule has 2 heteroatoms. The average Bonchev–Trinajstić information content (AvgIpc) is 2.67. The first kappa shape index (κ1) is 8.82. The first-order valence-corrected chi connectivity index (χ1v) is 5.18. The number of allylic oxidation sites excluding steroid dienone is 4. The third kappa shape index (κ3) is 1.94. The molecule has 2 rings (SSSR count). The molecule has 1 aliphatic heterocycles. The maximum Gasteiger partial charge on any atom is 0.0329 e. The molecule has 0 saturated carbocycles. The minimum atomic E-state index is 0.701. The number of nitrogens with zero attached hydrogens (tertiary/aromatic N) is 1. The van der Waals surface area contributed by atoms with Gasteiger partial charge in [0.2, 0.25) is 0 Å². The molecule has 1 atom stereocenters. The van der Waals surface area contributed by atoms with Crippen molar-refractivity contribution in [3.05, 3.63) is 23.9 Å². The fraction of sp³-hybridized carbons (Fsp3) is 0.636. The smallest absolute Gasteiger partial charge is 0.0329 e. The topological polar surface area (TPSA) is 15.3 Å². The molecule has 0 aromatic rings. The van der Waals surface area contributed by atoms with E-state index in [1.807, 2.05) is 0 Å². The average molecular weight is 178 g/mol. The summed E-state index contributed by atoms with van der Waals surface area (Å²) >= 11 is 0. The fourth-order valence-corrected chi connectivity index (χ4v) is 2.11. The summed E-state index contributed by atoms with van der Waals surface area (Å²) in [7, 11) is 2.06. The van der Waals surface area contributed by atoms with Crippen LogP contribution in [0.4, 0.5) is 0 Å². The summed E-state index contributed by atoms with van der Waals surface area (Å²) in [6, 6.07) is 0.701. The van der Waals surface area contributed by atoms with Crippen LogP contribution in [0.1, 0.15) is 19.3 Å². The Morgan fingerprint density at radius 2 is 2.46 bits per heavy atom. The Bertz CT molecular complexity index is 230. The molecule has 1 saturated heterocycles. The lowest BCUT2D eigenvalue weighted by Gasteiger charge is -2.23. The second kappa shape index (κ2) is 3.97. The Hall–Kier alpha value is -0.760. The zero-order valence-corrected chi connectivity index (χ0v) is 8.29. The zero-order chi connectivity index (χ0) is 9.10. The quantitative estimate of drug-likeness (QED) is 0.689. The second-order valence-electron chi connectivity index (χ2n) is 3.85. The van der Waals surface area contributed by atoms with Crippen LogP contribution in [0.25, 0.3) is 0 Å². The third-order valence-electron chi connectivity index (χ3n) is 2.99. The summed E-state index contributed by atoms with van der Waals surface area (Å²) in [6.45, 7) is 2.42. The normalized spacial score (nSPS) is 27.9. The van der Waals surface area contributed by atoms with Crippen LogP contribution in [0.15, 0.2) is 23.9 Å². The van der Waals surface area contributed by atoms with Crippen LogP contribution >= 0.6 is 0 Å². The van der Waals surface area contributed by atoms with Crippen molar-refractivity contribution in [2.45, 2.75) is 25.3 Å². The largest absolute Gasteiger partial charge is 0.373 e. The molecular formula is C11H18N2. The van der Waals surface area contributed by atoms with E-state index >= 15 is 0 Å². The summed E-state index contributed by atoms with van der Waals surface area (Å²) in [6.07, 6.45) is 10.4. The van der Waals surface area contributed by atoms with Gasteiger partial charge in [-0.15, -0.1) is 0 Å². The fourth-order valence-electron chi connectivity index (χ4n) is 2.11. The van der Waals surface area contributed by atoms with E-state index in [-0.39, 0.29) is 0 Å². The van der Waals surface area contributed by atoms with Crippen molar-refractivity contribution in [3.63, 3.8) is 0 Å². The SMILES string of the molecule is CN[C@@H]1CCN(C2=CC=CCC2)C1. The van der Waals surface area contributed by atoms with Gasteiger partial charge in [0.25, 0.3) is 0 Å². The van der Waals surface area contributed by atoms with E-state index in [2.05, 4.69) is 35.5 Å². The van der Waals surface area contributed by atoms with E-state index in [1.165, 1.54) is 38.0 Å². The summed E-state index contributed by atoms with van der Waals surface area (Å²) in [5.41, 5.74) is 1.53. The van der Waals surface area contributed by atoms with E-state index in [1.54, 1.807) is 0 Å². The van der Waals surface area contributed by atoms with Crippen LogP contribution in [-0.4, -0.2) is 31.1 Å². The predicted molar refractivity (Wildman–Crippen MR) is 55.5 cm³/mol. The third-order valence-corrected chi connectivity index (χ3v) is 2.99. The number of likely N-dealkylation sites (N-methyl/N-ethyl adjacent to an activating group) is 1. The zero-order valence-electron chi connectivity index (χ0n) is 8.29. The minimum absolute atomic E-state index is 0.701. The lowest BCUT2D eigenvalue weighted by atomic mass is 10.1. The first-order chi connectivity index (χ1) is 6.40. The van der Waals surface area contributed by atoms with Gasteiger partial charge in [-0.25, -0.2) is 0 Å². The lowest BCUT2D eigenvalue weighted by Crippen LogP contribution is -2.29. The number of nitrogens with one attached hydrogen (secondary N) is 1. The Balaban J connectivity index is 1.95. The molecule has 0 spiro atoms. The summed E-state index contributed by atoms with van der Waals surface area (Å²) in [5.74, 6) is 0. The van der Waals surface area contributed by atoms with E-state index in [0.717, 1.165) is 0 Å². The molecule has 72 valence electrons. The second-order valence-corrected chi connectivity index (χ2v) is 3.85. The van der Waals surface area contributed by atoms with Crippen LogP contribution < -0.4 is 5.32 Å². The number of rotatable bonds is 2. The van der Waals surface area contributed by atoms with E-state index in [4.69, 9.17) is 0 Å². The van der Waals surface area contributed by atoms with Crippen molar-refractivity contribution in [2.75, 3.05) is 20.1 Å². The van der Waals surface area contributed by atoms with Crippen molar-refractivity contribution in [1.82, 2.24) is 10.2 Å². The van der Waals surface area contributed by atoms with Crippen molar-refractivity contribution in [2.24, 2.45) is 0 Å². The molecule has 2 nitrogen and oxygen atoms in total. The molecular weight excluding hydrogens is 160 g/mol. The van der Waals surface area contributed by atoms with E-state index < -0.39 is 0 Å². The van der Waals surface area contributed by atoms with Crippen molar-refractivity contribution >= 4 is 0 Å². The molecule has 0 aromatic heterocycles. The molecule has 1 N–H and O–H groups in total. The lowest BCUT2D eigenvalue weighted by molar-refractivity contribution is 0.395. The van der Waals surface area contributed by atoms with Crippen LogP contribution in [0.5, 0.6) is 0 Å². The Morgan fingerprint density at radius 1 is 1.54 bits per heavy atom. The van der Waals surface area contributed by atoms with Crippen molar-refractivity contribution < 1.29 is 0 Å². The van der Waals surface area contributed by atoms with Crippen molar-refractivity contribution in [1.29, 1.82) is 0 Å². The highest BCUT2D eigenvalue weighted by Gasteiger charge is 2.22. The van der Waals surface area contributed by atoms with Crippen molar-refractivity contribution in [3.8, 4) is 0 Å². The van der Waals surface area contributed by atoms with Gasteiger partial charge in [-0.05, 0) is 32.4 Å². The number of likely N-dealkylation sites (tertiary alicyclic amines) is 1. The van der Waals surface area contributed by atoms with E-state index in [0.29, 0.717) is 6.04 Å². The van der Waals surface area contributed by atoms with E-state index in [9.17, 15) is 0 Å². The summed E-state index contributed by atoms with van der Waals surface area (Å²) < 4.78 is 0. The Labute approximate surface area is 80.3 Å². The first-order valence-electron chi connectivity index (χ1n) is 5.18. The molecule has 0 unspecified atom stereocenters. The van der Waals surface area contributed by atoms with Crippen LogP contribution in [0, 0.1) is 0 Å². The maximum atomic E-state index is 3.35. The monoisotopic (exact) mass is 178 g/mol. The highest BCUT2D eigenvalue weighted by molar-refractivity contribution is 5.17. The maximum absolute atomic E-state index is 3.35. The molecule has 1 fully saturated rings. The molecule has 1 aliphatic carbocycles. The van der Waals surface area contributed by atoms with Gasteiger partial charge in [0, 0.05) is 24.8 Å². The molecule has 2 aliphatic rings.